The summed E-state index contributed by atoms with van der Waals surface area (Å²) in [5, 5.41) is 12.9. The summed E-state index contributed by atoms with van der Waals surface area (Å²) in [6.45, 7) is 9.62. The standard InChI is InChI=1S/C42H70ClN5O3/c1-5-7-9-11-13-14-16-18-27-41(26-17-15-12-10-8-6-2)30-51-35(50)23-22-34(49)45-42(41)28-24-33(25-29-42)39-44-40-37(43)38(46-48(40)47-39)36-31(3)20-19-21-32(36)4/h31-33,36,46H,5-30H2,1-4H3,(H,45,49). The van der Waals surface area contributed by atoms with Crippen LogP contribution < -0.4 is 5.32 Å². The lowest BCUT2D eigenvalue weighted by molar-refractivity contribution is -0.150. The Morgan fingerprint density at radius 2 is 1.37 bits per heavy atom. The zero-order valence-corrected chi connectivity index (χ0v) is 33.4. The minimum atomic E-state index is -0.408. The zero-order chi connectivity index (χ0) is 36.3. The van der Waals surface area contributed by atoms with E-state index in [1.165, 1.54) is 96.3 Å². The van der Waals surface area contributed by atoms with Crippen LogP contribution >= 0.6 is 11.6 Å². The number of nitrogens with one attached hydrogen (secondary N) is 2. The van der Waals surface area contributed by atoms with E-state index < -0.39 is 5.54 Å². The number of aromatic nitrogens is 4. The fraction of sp³-hybridized carbons (Fsp3) is 0.857. The van der Waals surface area contributed by atoms with Crippen molar-refractivity contribution >= 4 is 29.1 Å². The second-order valence-electron chi connectivity index (χ2n) is 17.0. The van der Waals surface area contributed by atoms with E-state index in [0.29, 0.717) is 24.4 Å². The molecule has 0 aromatic carbocycles. The largest absolute Gasteiger partial charge is 0.465 e. The van der Waals surface area contributed by atoms with Gasteiger partial charge in [-0.3, -0.25) is 14.7 Å². The average molecular weight is 729 g/mol. The van der Waals surface area contributed by atoms with Gasteiger partial charge in [-0.1, -0.05) is 148 Å². The fourth-order valence-corrected chi connectivity index (χ4v) is 10.5. The fourth-order valence-electron chi connectivity index (χ4n) is 10.2. The molecule has 3 atom stereocenters. The number of fused-ring (bicyclic) bond motifs is 1. The number of nitrogens with zero attached hydrogens (tertiary/aromatic N) is 3. The highest BCUT2D eigenvalue weighted by Gasteiger charge is 2.54. The normalized spacial score (nSPS) is 29.1. The summed E-state index contributed by atoms with van der Waals surface area (Å²) in [7, 11) is 0. The Morgan fingerprint density at radius 3 is 1.94 bits per heavy atom. The predicted octanol–water partition coefficient (Wildman–Crippen LogP) is 11.4. The van der Waals surface area contributed by atoms with Crippen LogP contribution in [0.25, 0.3) is 5.65 Å². The van der Waals surface area contributed by atoms with E-state index >= 15 is 0 Å². The van der Waals surface area contributed by atoms with Crippen LogP contribution in [0.15, 0.2) is 0 Å². The first-order valence-corrected chi connectivity index (χ1v) is 21.7. The van der Waals surface area contributed by atoms with Gasteiger partial charge in [-0.2, -0.15) is 4.63 Å². The van der Waals surface area contributed by atoms with Crippen molar-refractivity contribution in [2.45, 2.75) is 206 Å². The number of esters is 1. The first-order valence-electron chi connectivity index (χ1n) is 21.3. The molecule has 2 aromatic heterocycles. The van der Waals surface area contributed by atoms with Crippen LogP contribution in [0.3, 0.4) is 0 Å². The van der Waals surface area contributed by atoms with Gasteiger partial charge in [0, 0.05) is 29.2 Å². The van der Waals surface area contributed by atoms with Gasteiger partial charge in [-0.15, -0.1) is 5.10 Å². The number of carbonyl (C=O) groups excluding carboxylic acids is 2. The molecule has 8 nitrogen and oxygen atoms in total. The van der Waals surface area contributed by atoms with Crippen LogP contribution in [-0.4, -0.2) is 43.8 Å². The Labute approximate surface area is 313 Å². The molecule has 1 spiro atoms. The van der Waals surface area contributed by atoms with E-state index in [1.807, 2.05) is 4.63 Å². The maximum absolute atomic E-state index is 13.6. The van der Waals surface area contributed by atoms with Crippen LogP contribution in [-0.2, 0) is 14.3 Å². The van der Waals surface area contributed by atoms with Gasteiger partial charge in [0.2, 0.25) is 5.91 Å². The van der Waals surface area contributed by atoms with Gasteiger partial charge in [-0.05, 0) is 50.4 Å². The first-order chi connectivity index (χ1) is 24.7. The SMILES string of the molecule is CCCCCCCCCCC1(CCCCCCCC)COC(=O)CCC(=O)NC12CCC(c1nc3c(Cl)c(C4C(C)CCCC4C)[nH]n3n1)CC2. The topological polar surface area (TPSA) is 101 Å². The molecule has 1 aliphatic heterocycles. The average Bonchev–Trinajstić information content (AvgIpc) is 3.68. The zero-order valence-electron chi connectivity index (χ0n) is 32.6. The molecule has 3 fully saturated rings. The number of ether oxygens (including phenoxy) is 1. The van der Waals surface area contributed by atoms with E-state index in [2.05, 4.69) is 38.1 Å². The lowest BCUT2D eigenvalue weighted by Gasteiger charge is -2.54. The highest BCUT2D eigenvalue weighted by Crippen LogP contribution is 2.52. The van der Waals surface area contributed by atoms with E-state index in [9.17, 15) is 9.59 Å². The number of rotatable bonds is 18. The summed E-state index contributed by atoms with van der Waals surface area (Å²) in [5.74, 6) is 2.35. The quantitative estimate of drug-likeness (QED) is 0.118. The van der Waals surface area contributed by atoms with E-state index in [1.54, 1.807) is 0 Å². The number of unbranched alkanes of at least 4 members (excludes halogenated alkanes) is 12. The maximum Gasteiger partial charge on any atom is 0.306 e. The molecule has 5 rings (SSSR count). The van der Waals surface area contributed by atoms with Crippen LogP contribution in [0.4, 0.5) is 0 Å². The second-order valence-corrected chi connectivity index (χ2v) is 17.4. The third-order valence-electron chi connectivity index (χ3n) is 13.3. The van der Waals surface area contributed by atoms with Crippen molar-refractivity contribution in [2.24, 2.45) is 17.3 Å². The van der Waals surface area contributed by atoms with Gasteiger partial charge in [-0.25, -0.2) is 4.98 Å². The molecule has 51 heavy (non-hydrogen) atoms. The van der Waals surface area contributed by atoms with Crippen molar-refractivity contribution in [3.05, 3.63) is 16.5 Å². The Hall–Kier alpha value is -2.09. The smallest absolute Gasteiger partial charge is 0.306 e. The second kappa shape index (κ2) is 19.3. The molecular weight excluding hydrogens is 658 g/mol. The van der Waals surface area contributed by atoms with Crippen molar-refractivity contribution in [1.29, 1.82) is 0 Å². The summed E-state index contributed by atoms with van der Waals surface area (Å²) >= 11 is 7.05. The Bertz CT molecular complexity index is 1370. The minimum Gasteiger partial charge on any atom is -0.465 e. The summed E-state index contributed by atoms with van der Waals surface area (Å²) in [4.78, 5) is 31.5. The van der Waals surface area contributed by atoms with E-state index in [4.69, 9.17) is 26.4 Å². The molecule has 288 valence electrons. The van der Waals surface area contributed by atoms with Crippen LogP contribution in [0.5, 0.6) is 0 Å². The summed E-state index contributed by atoms with van der Waals surface area (Å²) in [5.41, 5.74) is 1.14. The molecule has 2 aliphatic carbocycles. The summed E-state index contributed by atoms with van der Waals surface area (Å²) < 4.78 is 7.94. The molecule has 9 heteroatoms. The van der Waals surface area contributed by atoms with Crippen molar-refractivity contribution in [3.63, 3.8) is 0 Å². The maximum atomic E-state index is 13.6. The molecule has 0 radical (unpaired) electrons. The molecule has 0 bridgehead atoms. The number of H-pyrrole nitrogens is 1. The Balaban J connectivity index is 1.35. The van der Waals surface area contributed by atoms with Crippen LogP contribution in [0, 0.1) is 17.3 Å². The molecule has 3 unspecified atom stereocenters. The van der Waals surface area contributed by atoms with Crippen molar-refractivity contribution < 1.29 is 14.3 Å². The van der Waals surface area contributed by atoms with Crippen LogP contribution in [0.2, 0.25) is 5.02 Å². The number of aromatic amines is 1. The first kappa shape index (κ1) is 40.1. The Morgan fingerprint density at radius 1 is 0.804 bits per heavy atom. The molecule has 3 aliphatic rings. The summed E-state index contributed by atoms with van der Waals surface area (Å²) in [6.07, 6.45) is 26.9. The molecular formula is C42H70ClN5O3. The van der Waals surface area contributed by atoms with Crippen LogP contribution in [0.1, 0.15) is 212 Å². The highest BCUT2D eigenvalue weighted by molar-refractivity contribution is 6.34. The van der Waals surface area contributed by atoms with Gasteiger partial charge in [0.05, 0.1) is 18.7 Å². The highest BCUT2D eigenvalue weighted by atomic mass is 35.5. The molecule has 1 amide bonds. The van der Waals surface area contributed by atoms with Gasteiger partial charge < -0.3 is 10.1 Å². The van der Waals surface area contributed by atoms with Gasteiger partial charge >= 0.3 is 5.97 Å². The van der Waals surface area contributed by atoms with E-state index in [0.717, 1.165) is 73.6 Å². The minimum absolute atomic E-state index is 0.00513. The monoisotopic (exact) mass is 728 g/mol. The molecule has 1 saturated heterocycles. The third-order valence-corrected chi connectivity index (χ3v) is 13.7. The summed E-state index contributed by atoms with van der Waals surface area (Å²) in [6, 6.07) is 0. The number of hydrogen-bond acceptors (Lipinski definition) is 5. The number of halogens is 1. The lowest BCUT2D eigenvalue weighted by atomic mass is 9.57. The number of hydrogen-bond donors (Lipinski definition) is 2. The number of carbonyl (C=O) groups is 2. The molecule has 2 aromatic rings. The predicted molar refractivity (Wildman–Crippen MR) is 207 cm³/mol. The van der Waals surface area contributed by atoms with Crippen molar-refractivity contribution in [3.8, 4) is 0 Å². The Kier molecular flexibility index (Phi) is 15.2. The van der Waals surface area contributed by atoms with Gasteiger partial charge in [0.15, 0.2) is 11.5 Å². The molecule has 3 heterocycles. The molecule has 2 saturated carbocycles. The third kappa shape index (κ3) is 9.92. The number of cyclic esters (lactones) is 1. The molecule has 2 N–H and O–H groups in total. The van der Waals surface area contributed by atoms with Crippen molar-refractivity contribution in [1.82, 2.24) is 25.1 Å². The van der Waals surface area contributed by atoms with Gasteiger partial charge in [0.1, 0.15) is 5.02 Å². The lowest BCUT2D eigenvalue weighted by Crippen LogP contribution is -2.63. The van der Waals surface area contributed by atoms with E-state index in [-0.39, 0.29) is 36.1 Å². The van der Waals surface area contributed by atoms with Crippen molar-refractivity contribution in [2.75, 3.05) is 6.61 Å². The van der Waals surface area contributed by atoms with Gasteiger partial charge in [0.25, 0.3) is 0 Å². The number of amides is 1.